The van der Waals surface area contributed by atoms with Crippen molar-refractivity contribution in [2.75, 3.05) is 185 Å². The van der Waals surface area contributed by atoms with E-state index >= 15 is 0 Å². The van der Waals surface area contributed by atoms with Crippen LogP contribution in [0.4, 0.5) is 0 Å². The molecule has 24 N–H and O–H groups in total. The molecule has 0 spiro atoms. The highest BCUT2D eigenvalue weighted by Gasteiger charge is 2.52. The van der Waals surface area contributed by atoms with Crippen molar-refractivity contribution >= 4 is 90.1 Å². The van der Waals surface area contributed by atoms with Gasteiger partial charge in [0.05, 0.1) is 0 Å². The summed E-state index contributed by atoms with van der Waals surface area (Å²) >= 11 is 0. The maximum absolute atomic E-state index is 5.57. The molecule has 0 unspecified atom stereocenters. The van der Waals surface area contributed by atoms with Gasteiger partial charge in [-0.3, -0.25) is 81.4 Å². The minimum Gasteiger partial charge on any atom is -1.00 e. The Kier molecular flexibility index (Phi) is 85.9. The molecule has 4 rings (SSSR count). The Morgan fingerprint density at radius 3 is 0.484 bits per heavy atom. The van der Waals surface area contributed by atoms with Gasteiger partial charge in [-0.05, 0) is 128 Å². The van der Waals surface area contributed by atoms with Crippen molar-refractivity contribution in [1.82, 2.24) is 120 Å². The Bertz CT molecular complexity index is 3090. The lowest BCUT2D eigenvalue weighted by Crippen LogP contribution is -3.00. The second kappa shape index (κ2) is 79.1. The van der Waals surface area contributed by atoms with Crippen molar-refractivity contribution in [2.45, 2.75) is 320 Å². The zero-order valence-corrected chi connectivity index (χ0v) is 106. The monoisotopic (exact) mass is 2500 g/mol. The summed E-state index contributed by atoms with van der Waals surface area (Å²) in [4.78, 5) is 0. The summed E-state index contributed by atoms with van der Waals surface area (Å²) in [6.45, 7) is 75.4. The lowest BCUT2D eigenvalue weighted by molar-refractivity contribution is -0.439. The number of rotatable bonds is 68. The molecule has 0 amide bonds. The zero-order chi connectivity index (χ0) is 92.9. The van der Waals surface area contributed by atoms with Gasteiger partial charge in [-0.2, -0.15) is 17.8 Å². The van der Waals surface area contributed by atoms with Crippen molar-refractivity contribution in [3.05, 3.63) is 0 Å². The minimum absolute atomic E-state index is 0. The smallest absolute Gasteiger partial charge is 0.401 e. The third kappa shape index (κ3) is 45.2. The van der Waals surface area contributed by atoms with E-state index in [1.54, 1.807) is 0 Å². The molecular weight excluding hydrogens is 2300 g/mol. The van der Waals surface area contributed by atoms with Gasteiger partial charge in [0, 0.05) is 185 Å². The molecule has 0 aromatic carbocycles. The van der Waals surface area contributed by atoms with Gasteiger partial charge in [0.25, 0.3) is 0 Å². The Hall–Kier alpha value is 4.72. The Morgan fingerprint density at radius 1 is 0.164 bits per heavy atom. The fourth-order valence-electron chi connectivity index (χ4n) is 12.5. The van der Waals surface area contributed by atoms with E-state index in [9.17, 15) is 0 Å². The molecule has 0 saturated carbocycles. The Balaban J connectivity index is -0.000000793. The SMILES string of the molecule is CCCNP1(NCCC)=NP(NCCC)(=[NH+]CCC)N=P(NCCC)(NCCC)N1C.CCCNP1(NCCC)=NP(NCCC)(=[NH+]CCC)N=P(NCCC)(NCCC)N1C.CCCNP1(NCCC)=NP(NCCC)(=[NH+]CCC)N=P(NCCC)(NCCC)N1C.CCCNP1(NCCC)=N[P@](NCCC)(=[NH+]CCC)N(C)P(NCCC)(NCCC)=N1.[I-].[I-].[I-].[I-]. The van der Waals surface area contributed by atoms with Crippen LogP contribution in [0.1, 0.15) is 320 Å². The highest BCUT2D eigenvalue weighted by atomic mass is 127. The van der Waals surface area contributed by atoms with Crippen LogP contribution in [0.25, 0.3) is 0 Å². The molecule has 4 heterocycles. The van der Waals surface area contributed by atoms with Crippen molar-refractivity contribution in [2.24, 2.45) is 36.1 Å². The van der Waals surface area contributed by atoms with E-state index < -0.39 is 90.1 Å². The number of hydrogen-bond acceptors (Lipinski definition) is 20. The molecule has 0 fully saturated rings. The van der Waals surface area contributed by atoms with E-state index in [-0.39, 0.29) is 95.9 Å². The van der Waals surface area contributed by atoms with Crippen LogP contribution in [0.3, 0.4) is 0 Å². The predicted octanol–water partition coefficient (Wildman–Crippen LogP) is 5.05. The van der Waals surface area contributed by atoms with Gasteiger partial charge in [-0.1, -0.05) is 166 Å². The van der Waals surface area contributed by atoms with Gasteiger partial charge >= 0.3 is 30.0 Å². The molecule has 4 aliphatic rings. The molecule has 0 saturated heterocycles. The van der Waals surface area contributed by atoms with E-state index in [0.717, 1.165) is 311 Å². The van der Waals surface area contributed by atoms with Crippen molar-refractivity contribution < 1.29 is 115 Å². The first kappa shape index (κ1) is 139. The third-order valence-electron chi connectivity index (χ3n) is 19.4. The minimum atomic E-state index is -2.31. The number of nitrogens with one attached hydrogen (secondary N) is 24. The quantitative estimate of drug-likeness (QED) is 0.0280. The molecule has 36 nitrogen and oxygen atoms in total. The maximum Gasteiger partial charge on any atom is 0.401 e. The highest BCUT2D eigenvalue weighted by molar-refractivity contribution is 7.87. The summed E-state index contributed by atoms with van der Waals surface area (Å²) in [6, 6.07) is 0. The molecule has 776 valence electrons. The van der Waals surface area contributed by atoms with Crippen LogP contribution in [-0.4, -0.2) is 203 Å². The van der Waals surface area contributed by atoms with E-state index in [0.29, 0.717) is 0 Å². The molecule has 128 heavy (non-hydrogen) atoms. The molecule has 0 aromatic heterocycles. The van der Waals surface area contributed by atoms with Crippen LogP contribution >= 0.6 is 90.1 Å². The average molecular weight is 2500 g/mol. The predicted molar refractivity (Wildman–Crippen MR) is 564 cm³/mol. The Morgan fingerprint density at radius 2 is 0.312 bits per heavy atom. The molecular formula is C76H204I4N36P12. The normalized spacial score (nSPS) is 19.7. The van der Waals surface area contributed by atoms with Crippen LogP contribution < -0.4 is 217 Å². The van der Waals surface area contributed by atoms with Gasteiger partial charge in [0.15, 0.2) is 52.5 Å². The van der Waals surface area contributed by atoms with E-state index in [1.807, 2.05) is 0 Å². The average Bonchev–Trinajstić information content (AvgIpc) is 0.747. The largest absolute Gasteiger partial charge is 1.00 e. The van der Waals surface area contributed by atoms with Gasteiger partial charge < -0.3 is 95.9 Å². The summed E-state index contributed by atoms with van der Waals surface area (Å²) in [5, 5.41) is 77.1. The van der Waals surface area contributed by atoms with Crippen LogP contribution in [0.15, 0.2) is 36.1 Å². The second-order valence-electron chi connectivity index (χ2n) is 31.7. The first-order chi connectivity index (χ1) is 59.7. The summed E-state index contributed by atoms with van der Waals surface area (Å²) in [5.74, 6) is 0. The van der Waals surface area contributed by atoms with Crippen LogP contribution in [0, 0.1) is 0 Å². The lowest BCUT2D eigenvalue weighted by atomic mass is 10.5. The van der Waals surface area contributed by atoms with Crippen molar-refractivity contribution in [3.8, 4) is 0 Å². The summed E-state index contributed by atoms with van der Waals surface area (Å²) < 4.78 is 69.6. The van der Waals surface area contributed by atoms with E-state index in [1.165, 1.54) is 0 Å². The molecule has 0 aliphatic carbocycles. The summed E-state index contributed by atoms with van der Waals surface area (Å²) in [7, 11) is -18.0. The molecule has 0 bridgehead atoms. The van der Waals surface area contributed by atoms with Gasteiger partial charge in [0.1, 0.15) is 26.2 Å². The Labute approximate surface area is 858 Å². The molecule has 1 atom stereocenters. The van der Waals surface area contributed by atoms with Crippen molar-refractivity contribution in [1.29, 1.82) is 0 Å². The maximum atomic E-state index is 5.57. The van der Waals surface area contributed by atoms with E-state index in [4.69, 9.17) is 36.1 Å². The van der Waals surface area contributed by atoms with Crippen molar-refractivity contribution in [3.63, 3.8) is 0 Å². The zero-order valence-electron chi connectivity index (χ0n) is 86.2. The van der Waals surface area contributed by atoms with Gasteiger partial charge in [-0.15, -0.1) is 36.0 Å². The molecule has 0 radical (unpaired) electrons. The highest BCUT2D eigenvalue weighted by Crippen LogP contribution is 2.77. The first-order valence-electron chi connectivity index (χ1n) is 49.4. The van der Waals surface area contributed by atoms with Crippen LogP contribution in [-0.2, 0) is 0 Å². The lowest BCUT2D eigenvalue weighted by Gasteiger charge is -2.46. The van der Waals surface area contributed by atoms with Gasteiger partial charge in [0.2, 0.25) is 7.51 Å². The fourth-order valence-corrected chi connectivity index (χ4v) is 67.3. The topological polar surface area (TPSA) is 408 Å². The van der Waals surface area contributed by atoms with Crippen LogP contribution in [0.2, 0.25) is 0 Å². The number of halogens is 4. The number of nitrogens with zero attached hydrogens (tertiary/aromatic N) is 12. The van der Waals surface area contributed by atoms with Gasteiger partial charge in [-0.25, -0.2) is 39.3 Å². The summed E-state index contributed by atoms with van der Waals surface area (Å²) in [6.07, 6.45) is 25.6. The second-order valence-corrected chi connectivity index (χ2v) is 65.5. The molecule has 0 aromatic rings. The fraction of sp³-hybridized carbons (Fsp3) is 1.00. The first-order valence-corrected chi connectivity index (χ1v) is 69.7. The molecule has 52 heteroatoms. The number of hydrogen-bond donors (Lipinski definition) is 24. The molecule has 4 aliphatic heterocycles. The van der Waals surface area contributed by atoms with Crippen LogP contribution in [0.5, 0.6) is 0 Å². The summed E-state index contributed by atoms with van der Waals surface area (Å²) in [5.41, 5.74) is 0. The third-order valence-corrected chi connectivity index (χ3v) is 64.8. The van der Waals surface area contributed by atoms with E-state index in [2.05, 4.69) is 333 Å². The standard InChI is InChI=1S/4C19H50N9P3.4HI/c4*1-8-14-20-29(21-15-9-2)26-30(22-16-10-3,23-17-11-4)28(7)31(27-29,24-18-12-5)25-19-13-6;;;;/h3*22-25H,8-19H2,1-7H3,(H,20,21);20-23H,8-19H2,1-7H3,(H,24,25);4*1H.